The van der Waals surface area contributed by atoms with Crippen molar-refractivity contribution < 1.29 is 13.9 Å². The molecule has 1 aromatic rings. The molecule has 0 aliphatic carbocycles. The molecule has 2 heterocycles. The molecule has 0 bridgehead atoms. The summed E-state index contributed by atoms with van der Waals surface area (Å²) in [7, 11) is 0. The Hall–Kier alpha value is -1.80. The number of hydrazine groups is 1. The van der Waals surface area contributed by atoms with E-state index in [1.54, 1.807) is 6.92 Å². The van der Waals surface area contributed by atoms with Crippen LogP contribution in [0.3, 0.4) is 0 Å². The van der Waals surface area contributed by atoms with Crippen LogP contribution in [0.2, 0.25) is 0 Å². The largest absolute Gasteiger partial charge is 0.397 e. The number of alkyl halides is 2. The fourth-order valence-electron chi connectivity index (χ4n) is 1.54. The summed E-state index contributed by atoms with van der Waals surface area (Å²) in [6.07, 6.45) is -2.17. The molecule has 1 aliphatic rings. The van der Waals surface area contributed by atoms with E-state index in [1.165, 1.54) is 6.20 Å². The van der Waals surface area contributed by atoms with E-state index >= 15 is 0 Å². The minimum absolute atomic E-state index is 0.0187. The van der Waals surface area contributed by atoms with Gasteiger partial charge in [0, 0.05) is 0 Å². The second-order valence-corrected chi connectivity index (χ2v) is 3.90. The van der Waals surface area contributed by atoms with E-state index in [4.69, 9.17) is 5.73 Å². The zero-order chi connectivity index (χ0) is 13.3. The Balaban J connectivity index is 2.35. The quantitative estimate of drug-likeness (QED) is 0.740. The molecule has 4 N–H and O–H groups in total. The number of aliphatic hydroxyl groups excluding tert-OH is 1. The number of hydrazone groups is 1. The Morgan fingerprint density at radius 2 is 2.28 bits per heavy atom. The van der Waals surface area contributed by atoms with Crippen molar-refractivity contribution >= 4 is 17.2 Å². The second-order valence-electron chi connectivity index (χ2n) is 3.90. The van der Waals surface area contributed by atoms with Crippen molar-refractivity contribution in [1.82, 2.24) is 10.4 Å². The molecule has 98 valence electrons. The van der Waals surface area contributed by atoms with Gasteiger partial charge in [0.25, 0.3) is 6.43 Å². The predicted octanol–water partition coefficient (Wildman–Crippen LogP) is 0.663. The predicted molar refractivity (Wildman–Crippen MR) is 63.2 cm³/mol. The molecule has 0 saturated carbocycles. The molecule has 0 amide bonds. The number of hydrogen-bond acceptors (Lipinski definition) is 6. The standard InChI is InChI=1S/C10H13F2N5O/c1-5(18)8-4-15-17(16-8)10-7(9(11)12)2-6(13)3-14-10/h2-3,5,9,15,18H,4,13H2,1H3. The Morgan fingerprint density at radius 1 is 1.56 bits per heavy atom. The van der Waals surface area contributed by atoms with Crippen molar-refractivity contribution in [2.45, 2.75) is 19.5 Å². The number of aliphatic hydroxyl groups is 1. The molecule has 1 unspecified atom stereocenters. The van der Waals surface area contributed by atoms with Crippen molar-refractivity contribution in [2.75, 3.05) is 17.4 Å². The number of nitrogens with two attached hydrogens (primary N) is 1. The van der Waals surface area contributed by atoms with Gasteiger partial charge in [0.1, 0.15) is 0 Å². The summed E-state index contributed by atoms with van der Waals surface area (Å²) < 4.78 is 25.7. The van der Waals surface area contributed by atoms with Gasteiger partial charge in [-0.3, -0.25) is 0 Å². The van der Waals surface area contributed by atoms with Crippen LogP contribution >= 0.6 is 0 Å². The third-order valence-electron chi connectivity index (χ3n) is 2.47. The second kappa shape index (κ2) is 4.83. The van der Waals surface area contributed by atoms with Gasteiger partial charge < -0.3 is 10.8 Å². The number of hydrogen-bond donors (Lipinski definition) is 3. The van der Waals surface area contributed by atoms with Gasteiger partial charge in [-0.1, -0.05) is 0 Å². The average molecular weight is 257 g/mol. The Kier molecular flexibility index (Phi) is 3.39. The van der Waals surface area contributed by atoms with Crippen LogP contribution in [0.5, 0.6) is 0 Å². The van der Waals surface area contributed by atoms with E-state index in [0.29, 0.717) is 5.71 Å². The summed E-state index contributed by atoms with van der Waals surface area (Å²) in [4.78, 5) is 3.84. The Morgan fingerprint density at radius 3 is 2.83 bits per heavy atom. The topological polar surface area (TPSA) is 86.8 Å². The highest BCUT2D eigenvalue weighted by Gasteiger charge is 2.25. The molecule has 18 heavy (non-hydrogen) atoms. The molecule has 0 saturated heterocycles. The van der Waals surface area contributed by atoms with E-state index in [9.17, 15) is 13.9 Å². The molecule has 2 rings (SSSR count). The molecule has 0 aromatic carbocycles. The van der Waals surface area contributed by atoms with Gasteiger partial charge in [-0.2, -0.15) is 10.2 Å². The number of pyridine rings is 1. The third-order valence-corrected chi connectivity index (χ3v) is 2.47. The van der Waals surface area contributed by atoms with Crippen molar-refractivity contribution in [3.63, 3.8) is 0 Å². The van der Waals surface area contributed by atoms with Crippen molar-refractivity contribution in [3.8, 4) is 0 Å². The zero-order valence-electron chi connectivity index (χ0n) is 9.64. The van der Waals surface area contributed by atoms with Crippen molar-refractivity contribution in [3.05, 3.63) is 17.8 Å². The van der Waals surface area contributed by atoms with Crippen molar-refractivity contribution in [2.24, 2.45) is 5.10 Å². The van der Waals surface area contributed by atoms with Crippen LogP contribution in [0.4, 0.5) is 20.3 Å². The van der Waals surface area contributed by atoms with Crippen LogP contribution in [0.25, 0.3) is 0 Å². The maximum atomic E-state index is 12.9. The molecular formula is C10H13F2N5O. The number of aromatic nitrogens is 1. The molecule has 0 spiro atoms. The summed E-state index contributed by atoms with van der Waals surface area (Å²) in [6, 6.07) is 1.16. The number of rotatable bonds is 3. The van der Waals surface area contributed by atoms with Crippen molar-refractivity contribution in [1.29, 1.82) is 0 Å². The monoisotopic (exact) mass is 257 g/mol. The van der Waals surface area contributed by atoms with Gasteiger partial charge in [0.2, 0.25) is 0 Å². The first-order chi connectivity index (χ1) is 8.49. The molecule has 1 aliphatic heterocycles. The van der Waals surface area contributed by atoms with Gasteiger partial charge in [0.15, 0.2) is 5.82 Å². The smallest absolute Gasteiger partial charge is 0.267 e. The highest BCUT2D eigenvalue weighted by Crippen LogP contribution is 2.29. The number of nitrogens with one attached hydrogen (secondary N) is 1. The maximum absolute atomic E-state index is 12.9. The SMILES string of the molecule is CC(O)C1=NN(c2ncc(N)cc2C(F)F)NC1. The van der Waals surface area contributed by atoms with E-state index in [0.717, 1.165) is 11.2 Å². The highest BCUT2D eigenvalue weighted by atomic mass is 19.3. The fourth-order valence-corrected chi connectivity index (χ4v) is 1.54. The summed E-state index contributed by atoms with van der Waals surface area (Å²) in [5.41, 5.74) is 8.49. The van der Waals surface area contributed by atoms with E-state index in [2.05, 4.69) is 15.5 Å². The number of nitrogens with zero attached hydrogens (tertiary/aromatic N) is 3. The van der Waals surface area contributed by atoms with Crippen LogP contribution < -0.4 is 16.3 Å². The Labute approximate surface area is 102 Å². The van der Waals surface area contributed by atoms with Gasteiger partial charge >= 0.3 is 0 Å². The average Bonchev–Trinajstić information content (AvgIpc) is 2.78. The lowest BCUT2D eigenvalue weighted by atomic mass is 10.2. The minimum atomic E-state index is -2.71. The molecule has 6 nitrogen and oxygen atoms in total. The normalized spacial score (nSPS) is 17.2. The summed E-state index contributed by atoms with van der Waals surface area (Å²) in [6.45, 7) is 1.83. The Bertz CT molecular complexity index is 477. The van der Waals surface area contributed by atoms with Crippen LogP contribution in [0.1, 0.15) is 18.9 Å². The number of nitrogen functional groups attached to an aromatic ring is 1. The van der Waals surface area contributed by atoms with Gasteiger partial charge in [-0.05, 0) is 13.0 Å². The minimum Gasteiger partial charge on any atom is -0.397 e. The summed E-state index contributed by atoms with van der Waals surface area (Å²) >= 11 is 0. The lowest BCUT2D eigenvalue weighted by Crippen LogP contribution is -2.31. The number of halogens is 2. The first kappa shape index (κ1) is 12.7. The van der Waals surface area contributed by atoms with Crippen LogP contribution in [-0.2, 0) is 0 Å². The molecule has 8 heteroatoms. The molecule has 0 fully saturated rings. The highest BCUT2D eigenvalue weighted by molar-refractivity contribution is 5.92. The first-order valence-electron chi connectivity index (χ1n) is 5.31. The van der Waals surface area contributed by atoms with E-state index in [1.807, 2.05) is 0 Å². The van der Waals surface area contributed by atoms with Gasteiger partial charge in [-0.15, -0.1) is 0 Å². The fraction of sp³-hybridized carbons (Fsp3) is 0.400. The van der Waals surface area contributed by atoms with Gasteiger partial charge in [0.05, 0.1) is 35.8 Å². The first-order valence-corrected chi connectivity index (χ1v) is 5.31. The maximum Gasteiger partial charge on any atom is 0.267 e. The summed E-state index contributed by atoms with van der Waals surface area (Å²) in [5.74, 6) is -0.0187. The van der Waals surface area contributed by atoms with Crippen LogP contribution in [0, 0.1) is 0 Å². The van der Waals surface area contributed by atoms with E-state index in [-0.39, 0.29) is 23.6 Å². The van der Waals surface area contributed by atoms with Gasteiger partial charge in [-0.25, -0.2) is 19.2 Å². The molecular weight excluding hydrogens is 244 g/mol. The summed E-state index contributed by atoms with van der Waals surface area (Å²) in [5, 5.41) is 14.5. The third kappa shape index (κ3) is 2.39. The zero-order valence-corrected chi connectivity index (χ0v) is 9.64. The van der Waals surface area contributed by atoms with Crippen LogP contribution in [0.15, 0.2) is 17.4 Å². The lowest BCUT2D eigenvalue weighted by molar-refractivity contribution is 0.151. The van der Waals surface area contributed by atoms with Crippen LogP contribution in [-0.4, -0.2) is 28.5 Å². The number of anilines is 2. The van der Waals surface area contributed by atoms with E-state index < -0.39 is 12.5 Å². The molecule has 1 aromatic heterocycles. The lowest BCUT2D eigenvalue weighted by Gasteiger charge is -2.16. The molecule has 0 radical (unpaired) electrons. The molecule has 1 atom stereocenters.